The van der Waals surface area contributed by atoms with Gasteiger partial charge in [-0.2, -0.15) is 5.10 Å². The van der Waals surface area contributed by atoms with Crippen LogP contribution >= 0.6 is 11.3 Å². The van der Waals surface area contributed by atoms with Crippen LogP contribution in [0.15, 0.2) is 0 Å². The molecule has 1 fully saturated rings. The van der Waals surface area contributed by atoms with E-state index in [-0.39, 0.29) is 12.7 Å². The van der Waals surface area contributed by atoms with Crippen molar-refractivity contribution in [3.63, 3.8) is 0 Å². The summed E-state index contributed by atoms with van der Waals surface area (Å²) < 4.78 is 7.32. The molecule has 6 heteroatoms. The molecule has 3 rings (SSSR count). The molecule has 86 valence electrons. The van der Waals surface area contributed by atoms with Crippen LogP contribution in [0.25, 0.3) is 4.96 Å². The fraction of sp³-hybridized carbons (Fsp3) is 0.600. The Morgan fingerprint density at radius 1 is 1.62 bits per heavy atom. The Kier molecular flexibility index (Phi) is 2.42. The van der Waals surface area contributed by atoms with Crippen molar-refractivity contribution in [1.29, 1.82) is 0 Å². The number of hydrogen-bond donors (Lipinski definition) is 1. The molecule has 0 radical (unpaired) electrons. The zero-order chi connectivity index (χ0) is 11.1. The Morgan fingerprint density at radius 2 is 2.50 bits per heavy atom. The van der Waals surface area contributed by atoms with Gasteiger partial charge in [-0.1, -0.05) is 11.3 Å². The second-order valence-electron chi connectivity index (χ2n) is 3.94. The van der Waals surface area contributed by atoms with Crippen molar-refractivity contribution in [2.75, 3.05) is 6.61 Å². The Hall–Kier alpha value is -0.980. The maximum absolute atomic E-state index is 9.25. The highest BCUT2D eigenvalue weighted by molar-refractivity contribution is 7.16. The van der Waals surface area contributed by atoms with Crippen LogP contribution in [0.2, 0.25) is 0 Å². The molecule has 5 nitrogen and oxygen atoms in total. The minimum Gasteiger partial charge on any atom is -0.390 e. The van der Waals surface area contributed by atoms with E-state index in [1.54, 1.807) is 15.9 Å². The molecule has 0 aliphatic carbocycles. The monoisotopic (exact) mass is 239 g/mol. The van der Waals surface area contributed by atoms with E-state index in [9.17, 15) is 5.11 Å². The third-order valence-electron chi connectivity index (χ3n) is 2.87. The van der Waals surface area contributed by atoms with E-state index < -0.39 is 0 Å². The highest BCUT2D eigenvalue weighted by Crippen LogP contribution is 2.32. The van der Waals surface area contributed by atoms with E-state index in [2.05, 4.69) is 10.1 Å². The molecule has 1 N–H and O–H groups in total. The van der Waals surface area contributed by atoms with Gasteiger partial charge in [0.05, 0.1) is 18.0 Å². The van der Waals surface area contributed by atoms with Gasteiger partial charge in [0.15, 0.2) is 0 Å². The minimum absolute atomic E-state index is 0.0261. The van der Waals surface area contributed by atoms with Crippen LogP contribution in [-0.4, -0.2) is 26.3 Å². The average molecular weight is 239 g/mol. The number of hydrogen-bond acceptors (Lipinski definition) is 5. The van der Waals surface area contributed by atoms with Crippen molar-refractivity contribution in [3.05, 3.63) is 16.4 Å². The van der Waals surface area contributed by atoms with E-state index in [0.717, 1.165) is 40.8 Å². The summed E-state index contributed by atoms with van der Waals surface area (Å²) >= 11 is 1.55. The van der Waals surface area contributed by atoms with Crippen molar-refractivity contribution >= 4 is 16.3 Å². The summed E-state index contributed by atoms with van der Waals surface area (Å²) in [6, 6.07) is 0. The summed E-state index contributed by atoms with van der Waals surface area (Å²) in [5.74, 6) is 0. The molecule has 0 aromatic carbocycles. The van der Waals surface area contributed by atoms with Gasteiger partial charge < -0.3 is 9.84 Å². The Morgan fingerprint density at radius 3 is 3.19 bits per heavy atom. The average Bonchev–Trinajstić information content (AvgIpc) is 2.90. The van der Waals surface area contributed by atoms with Crippen LogP contribution in [0.1, 0.15) is 35.3 Å². The molecular formula is C10H13N3O2S. The van der Waals surface area contributed by atoms with E-state index in [1.807, 2.05) is 6.92 Å². The molecule has 0 spiro atoms. The molecule has 1 unspecified atom stereocenters. The molecule has 0 bridgehead atoms. The summed E-state index contributed by atoms with van der Waals surface area (Å²) in [4.78, 5) is 5.22. The zero-order valence-electron chi connectivity index (χ0n) is 9.01. The van der Waals surface area contributed by atoms with E-state index in [0.29, 0.717) is 0 Å². The van der Waals surface area contributed by atoms with Gasteiger partial charge in [-0.05, 0) is 19.8 Å². The molecule has 2 aromatic heterocycles. The number of rotatable bonds is 2. The van der Waals surface area contributed by atoms with Gasteiger partial charge in [-0.25, -0.2) is 9.50 Å². The van der Waals surface area contributed by atoms with Crippen LogP contribution in [0.4, 0.5) is 0 Å². The molecule has 1 aliphatic rings. The third-order valence-corrected chi connectivity index (χ3v) is 3.87. The fourth-order valence-electron chi connectivity index (χ4n) is 1.99. The number of aliphatic hydroxyl groups is 1. The van der Waals surface area contributed by atoms with Gasteiger partial charge in [0.25, 0.3) is 0 Å². The first-order valence-corrected chi connectivity index (χ1v) is 6.18. The lowest BCUT2D eigenvalue weighted by Crippen LogP contribution is -1.99. The first-order chi connectivity index (χ1) is 7.79. The van der Waals surface area contributed by atoms with Crippen LogP contribution in [0.3, 0.4) is 0 Å². The van der Waals surface area contributed by atoms with Crippen LogP contribution in [0.5, 0.6) is 0 Å². The van der Waals surface area contributed by atoms with Crippen molar-refractivity contribution in [2.45, 2.75) is 32.5 Å². The molecule has 16 heavy (non-hydrogen) atoms. The number of aryl methyl sites for hydroxylation is 1. The lowest BCUT2D eigenvalue weighted by atomic mass is 10.2. The Bertz CT molecular complexity index is 513. The largest absolute Gasteiger partial charge is 0.390 e. The third kappa shape index (κ3) is 1.45. The summed E-state index contributed by atoms with van der Waals surface area (Å²) in [5.41, 5.74) is 1.62. The SMILES string of the molecule is Cc1nc2sc(C3CCCO3)nn2c1CO. The molecule has 1 atom stereocenters. The van der Waals surface area contributed by atoms with Crippen LogP contribution in [-0.2, 0) is 11.3 Å². The summed E-state index contributed by atoms with van der Waals surface area (Å²) in [6.07, 6.45) is 2.25. The lowest BCUT2D eigenvalue weighted by molar-refractivity contribution is 0.111. The summed E-state index contributed by atoms with van der Waals surface area (Å²) in [5, 5.41) is 14.7. The Labute approximate surface area is 96.7 Å². The number of aliphatic hydroxyl groups excluding tert-OH is 1. The predicted octanol–water partition coefficient (Wildman–Crippen LogP) is 1.44. The predicted molar refractivity (Wildman–Crippen MR) is 59.5 cm³/mol. The topological polar surface area (TPSA) is 59.7 Å². The van der Waals surface area contributed by atoms with Gasteiger partial charge in [-0.15, -0.1) is 0 Å². The van der Waals surface area contributed by atoms with Gasteiger partial charge in [0.1, 0.15) is 11.1 Å². The first kappa shape index (κ1) is 10.2. The van der Waals surface area contributed by atoms with Crippen LogP contribution in [0, 0.1) is 6.92 Å². The summed E-state index contributed by atoms with van der Waals surface area (Å²) in [6.45, 7) is 2.68. The normalized spacial score (nSPS) is 21.0. The van der Waals surface area contributed by atoms with Gasteiger partial charge in [0.2, 0.25) is 4.96 Å². The molecule has 3 heterocycles. The molecule has 1 saturated heterocycles. The van der Waals surface area contributed by atoms with E-state index >= 15 is 0 Å². The quantitative estimate of drug-likeness (QED) is 0.861. The number of ether oxygens (including phenoxy) is 1. The highest BCUT2D eigenvalue weighted by atomic mass is 32.1. The van der Waals surface area contributed by atoms with Crippen molar-refractivity contribution in [1.82, 2.24) is 14.6 Å². The maximum Gasteiger partial charge on any atom is 0.212 e. The van der Waals surface area contributed by atoms with Gasteiger partial charge in [-0.3, -0.25) is 0 Å². The summed E-state index contributed by atoms with van der Waals surface area (Å²) in [7, 11) is 0. The van der Waals surface area contributed by atoms with Crippen LogP contribution < -0.4 is 0 Å². The molecule has 1 aliphatic heterocycles. The molecule has 0 amide bonds. The number of nitrogens with zero attached hydrogens (tertiary/aromatic N) is 3. The Balaban J connectivity index is 2.05. The number of aromatic nitrogens is 3. The van der Waals surface area contributed by atoms with Crippen molar-refractivity contribution in [3.8, 4) is 0 Å². The second kappa shape index (κ2) is 3.80. The molecule has 2 aromatic rings. The van der Waals surface area contributed by atoms with Gasteiger partial charge in [0, 0.05) is 6.61 Å². The second-order valence-corrected chi connectivity index (χ2v) is 4.93. The fourth-order valence-corrected chi connectivity index (χ4v) is 3.04. The zero-order valence-corrected chi connectivity index (χ0v) is 9.83. The molecule has 0 saturated carbocycles. The maximum atomic E-state index is 9.25. The highest BCUT2D eigenvalue weighted by Gasteiger charge is 2.23. The first-order valence-electron chi connectivity index (χ1n) is 5.37. The molecular weight excluding hydrogens is 226 g/mol. The lowest BCUT2D eigenvalue weighted by Gasteiger charge is -2.02. The van der Waals surface area contributed by atoms with Crippen molar-refractivity contribution in [2.24, 2.45) is 0 Å². The smallest absolute Gasteiger partial charge is 0.212 e. The standard InChI is InChI=1S/C10H13N3O2S/c1-6-7(5-14)13-10(11-6)16-9(12-13)8-3-2-4-15-8/h8,14H,2-5H2,1H3. The van der Waals surface area contributed by atoms with E-state index in [4.69, 9.17) is 4.74 Å². The van der Waals surface area contributed by atoms with Gasteiger partial charge >= 0.3 is 0 Å². The van der Waals surface area contributed by atoms with E-state index in [1.165, 1.54) is 0 Å². The van der Waals surface area contributed by atoms with Crippen molar-refractivity contribution < 1.29 is 9.84 Å². The number of fused-ring (bicyclic) bond motifs is 1. The number of imidazole rings is 1. The minimum atomic E-state index is -0.0261.